The van der Waals surface area contributed by atoms with E-state index in [9.17, 15) is 8.42 Å². The van der Waals surface area contributed by atoms with E-state index in [0.29, 0.717) is 19.1 Å². The number of fused-ring (bicyclic) bond motifs is 1. The van der Waals surface area contributed by atoms with Crippen LogP contribution < -0.4 is 0 Å². The lowest BCUT2D eigenvalue weighted by Crippen LogP contribution is -2.12. The Kier molecular flexibility index (Phi) is 4.29. The van der Waals surface area contributed by atoms with Crippen LogP contribution in [0.4, 0.5) is 0 Å². The number of aryl methyl sites for hydroxylation is 1. The molecule has 2 aromatic carbocycles. The van der Waals surface area contributed by atoms with Crippen LogP contribution in [0.2, 0.25) is 0 Å². The lowest BCUT2D eigenvalue weighted by molar-refractivity contribution is 0.150. The zero-order valence-electron chi connectivity index (χ0n) is 14.6. The number of ether oxygens (including phenoxy) is 1. The molecular weight excluding hydrogens is 346 g/mol. The van der Waals surface area contributed by atoms with Crippen LogP contribution in [0.5, 0.6) is 0 Å². The van der Waals surface area contributed by atoms with Crippen molar-refractivity contribution < 1.29 is 13.2 Å². The van der Waals surface area contributed by atoms with Crippen LogP contribution in [0, 0.1) is 24.2 Å². The number of benzene rings is 2. The molecule has 134 valence electrons. The van der Waals surface area contributed by atoms with Gasteiger partial charge in [-0.15, -0.1) is 0 Å². The summed E-state index contributed by atoms with van der Waals surface area (Å²) >= 11 is 0. The molecule has 4 rings (SSSR count). The van der Waals surface area contributed by atoms with Crippen molar-refractivity contribution in [3.63, 3.8) is 0 Å². The summed E-state index contributed by atoms with van der Waals surface area (Å²) in [6, 6.07) is 16.9. The van der Waals surface area contributed by atoms with Gasteiger partial charge in [-0.05, 0) is 30.5 Å². The normalized spacial score (nSPS) is 27.9. The van der Waals surface area contributed by atoms with E-state index in [1.807, 2.05) is 37.3 Å². The molecule has 1 saturated heterocycles. The molecule has 0 spiro atoms. The van der Waals surface area contributed by atoms with E-state index in [1.54, 1.807) is 30.5 Å². The van der Waals surface area contributed by atoms with Crippen LogP contribution in [-0.4, -0.2) is 27.8 Å². The molecule has 3 atom stereocenters. The molecular formula is C21H21NO3S. The molecule has 1 unspecified atom stereocenters. The molecule has 0 N–H and O–H groups in total. The van der Waals surface area contributed by atoms with E-state index < -0.39 is 10.0 Å². The van der Waals surface area contributed by atoms with Crippen molar-refractivity contribution in [1.29, 1.82) is 0 Å². The van der Waals surface area contributed by atoms with E-state index in [1.165, 1.54) is 0 Å². The molecule has 1 aliphatic heterocycles. The number of nitrogens with zero attached hydrogens (tertiary/aromatic N) is 1. The fourth-order valence-electron chi connectivity index (χ4n) is 3.65. The van der Waals surface area contributed by atoms with Gasteiger partial charge in [-0.1, -0.05) is 60.2 Å². The first-order chi connectivity index (χ1) is 12.5. The first-order valence-electron chi connectivity index (χ1n) is 8.70. The fourth-order valence-corrected chi connectivity index (χ4v) is 4.59. The topological polar surface area (TPSA) is 55.7 Å². The summed E-state index contributed by atoms with van der Waals surface area (Å²) in [7, 11) is -3.68. The summed E-state index contributed by atoms with van der Waals surface area (Å²) in [5.74, 6) is 0.577. The maximum absolute atomic E-state index is 12.5. The Morgan fingerprint density at radius 2 is 1.85 bits per heavy atom. The first-order valence-corrected chi connectivity index (χ1v) is 10.1. The smallest absolute Gasteiger partial charge is 0.281 e. The number of hydrogen-bond donors (Lipinski definition) is 0. The predicted octanol–water partition coefficient (Wildman–Crippen LogP) is 3.73. The number of rotatable bonds is 5. The summed E-state index contributed by atoms with van der Waals surface area (Å²) in [6.45, 7) is 3.10. The highest BCUT2D eigenvalue weighted by Gasteiger charge is 2.66. The molecule has 2 aliphatic rings. The number of hydrogen-bond acceptors (Lipinski definition) is 3. The van der Waals surface area contributed by atoms with Crippen molar-refractivity contribution >= 4 is 22.3 Å². The lowest BCUT2D eigenvalue weighted by Gasteiger charge is -2.07. The van der Waals surface area contributed by atoms with Crippen LogP contribution in [0.15, 0.2) is 70.0 Å². The number of sulfonamides is 1. The molecule has 0 radical (unpaired) electrons. The predicted molar refractivity (Wildman–Crippen MR) is 103 cm³/mol. The highest BCUT2D eigenvalue weighted by molar-refractivity contribution is 7.90. The Morgan fingerprint density at radius 3 is 2.58 bits per heavy atom. The second-order valence-corrected chi connectivity index (χ2v) is 8.68. The van der Waals surface area contributed by atoms with E-state index in [-0.39, 0.29) is 16.2 Å². The lowest BCUT2D eigenvalue weighted by atomic mass is 10.1. The monoisotopic (exact) mass is 367 g/mol. The Morgan fingerprint density at radius 1 is 1.12 bits per heavy atom. The van der Waals surface area contributed by atoms with E-state index >= 15 is 0 Å². The van der Waals surface area contributed by atoms with E-state index in [4.69, 9.17) is 4.74 Å². The first kappa shape index (κ1) is 17.2. The molecule has 5 heteroatoms. The largest absolute Gasteiger partial charge is 0.380 e. The fraction of sp³-hybridized carbons (Fsp3) is 0.286. The van der Waals surface area contributed by atoms with Gasteiger partial charge in [-0.3, -0.25) is 0 Å². The minimum Gasteiger partial charge on any atom is -0.380 e. The van der Waals surface area contributed by atoms with Gasteiger partial charge in [0.2, 0.25) is 0 Å². The molecule has 4 nitrogen and oxygen atoms in total. The SMILES string of the molecule is Cc1ccc(S(=O)(=O)/N=C\[C@]23COC[C@H]2C3/C=C/c2ccccc2)cc1. The van der Waals surface area contributed by atoms with Gasteiger partial charge in [0.15, 0.2) is 0 Å². The summed E-state index contributed by atoms with van der Waals surface area (Å²) in [6.07, 6.45) is 5.86. The van der Waals surface area contributed by atoms with Crippen LogP contribution in [0.3, 0.4) is 0 Å². The molecule has 26 heavy (non-hydrogen) atoms. The van der Waals surface area contributed by atoms with Gasteiger partial charge in [-0.25, -0.2) is 0 Å². The van der Waals surface area contributed by atoms with Crippen LogP contribution in [0.25, 0.3) is 6.08 Å². The van der Waals surface area contributed by atoms with Gasteiger partial charge in [0.1, 0.15) is 0 Å². The molecule has 0 amide bonds. The molecule has 1 aliphatic carbocycles. The third kappa shape index (κ3) is 3.13. The average molecular weight is 367 g/mol. The van der Waals surface area contributed by atoms with Crippen LogP contribution >= 0.6 is 0 Å². The van der Waals surface area contributed by atoms with E-state index in [0.717, 1.165) is 11.1 Å². The maximum atomic E-state index is 12.5. The molecule has 0 aromatic heterocycles. The Labute approximate surface area is 154 Å². The van der Waals surface area contributed by atoms with Gasteiger partial charge in [-0.2, -0.15) is 12.8 Å². The molecule has 1 saturated carbocycles. The van der Waals surface area contributed by atoms with Crippen LogP contribution in [-0.2, 0) is 14.8 Å². The minimum absolute atomic E-state index is 0.225. The van der Waals surface area contributed by atoms with Gasteiger partial charge in [0.05, 0.1) is 18.1 Å². The Balaban J connectivity index is 1.54. The Hall–Kier alpha value is -2.24. The summed E-state index contributed by atoms with van der Waals surface area (Å²) in [5.41, 5.74) is 1.87. The quantitative estimate of drug-likeness (QED) is 0.757. The molecule has 0 bridgehead atoms. The van der Waals surface area contributed by atoms with Gasteiger partial charge in [0.25, 0.3) is 10.0 Å². The van der Waals surface area contributed by atoms with Crippen molar-refractivity contribution in [2.45, 2.75) is 11.8 Å². The third-order valence-corrected chi connectivity index (χ3v) is 6.58. The van der Waals surface area contributed by atoms with Gasteiger partial charge < -0.3 is 4.74 Å². The zero-order valence-corrected chi connectivity index (χ0v) is 15.4. The summed E-state index contributed by atoms with van der Waals surface area (Å²) < 4.78 is 34.5. The maximum Gasteiger partial charge on any atom is 0.281 e. The molecule has 2 fully saturated rings. The van der Waals surface area contributed by atoms with Crippen molar-refractivity contribution in [2.75, 3.05) is 13.2 Å². The second-order valence-electron chi connectivity index (χ2n) is 7.05. The molecule has 2 aromatic rings. The summed E-state index contributed by atoms with van der Waals surface area (Å²) in [4.78, 5) is 0.225. The minimum atomic E-state index is -3.68. The Bertz CT molecular complexity index is 949. The van der Waals surface area contributed by atoms with E-state index in [2.05, 4.69) is 16.5 Å². The number of allylic oxidation sites excluding steroid dienone is 1. The highest BCUT2D eigenvalue weighted by Crippen LogP contribution is 2.62. The van der Waals surface area contributed by atoms with Crippen LogP contribution in [0.1, 0.15) is 11.1 Å². The van der Waals surface area contributed by atoms with Crippen molar-refractivity contribution in [1.82, 2.24) is 0 Å². The van der Waals surface area contributed by atoms with Crippen molar-refractivity contribution in [3.05, 3.63) is 71.8 Å². The second kappa shape index (κ2) is 6.49. The third-order valence-electron chi connectivity index (χ3n) is 5.33. The average Bonchev–Trinajstić information content (AvgIpc) is 3.02. The van der Waals surface area contributed by atoms with Crippen molar-refractivity contribution in [2.24, 2.45) is 21.6 Å². The van der Waals surface area contributed by atoms with Gasteiger partial charge in [0, 0.05) is 17.5 Å². The van der Waals surface area contributed by atoms with Crippen molar-refractivity contribution in [3.8, 4) is 0 Å². The highest BCUT2D eigenvalue weighted by atomic mass is 32.2. The van der Waals surface area contributed by atoms with Gasteiger partial charge >= 0.3 is 0 Å². The standard InChI is InChI=1S/C21H21NO3S/c1-16-7-10-18(11-8-16)26(23,24)22-14-21-15-25-13-20(21)19(21)12-9-17-5-3-2-4-6-17/h2-12,14,19-20H,13,15H2,1H3/b12-9+,22-14-/t19?,20-,21+/m0/s1. The zero-order chi connectivity index (χ0) is 18.2. The summed E-state index contributed by atoms with van der Waals surface area (Å²) in [5, 5.41) is 0. The molecule has 1 heterocycles.